The minimum absolute atomic E-state index is 0.0242. The van der Waals surface area contributed by atoms with E-state index in [2.05, 4.69) is 15.0 Å². The first-order valence-electron chi connectivity index (χ1n) is 10.7. The number of hydrogen-bond donors (Lipinski definition) is 2. The molecule has 2 amide bonds. The van der Waals surface area contributed by atoms with Crippen molar-refractivity contribution in [2.24, 2.45) is 0 Å². The number of carbonyl (C=O) groups is 2. The average molecular weight is 481 g/mol. The second-order valence-corrected chi connectivity index (χ2v) is 9.42. The fourth-order valence-electron chi connectivity index (χ4n) is 3.76. The summed E-state index contributed by atoms with van der Waals surface area (Å²) in [6.45, 7) is 0.448. The summed E-state index contributed by atoms with van der Waals surface area (Å²) in [5, 5.41) is 2.84. The Morgan fingerprint density at radius 3 is 2.29 bits per heavy atom. The molecule has 2 heterocycles. The third-order valence-electron chi connectivity index (χ3n) is 5.52. The molecule has 2 N–H and O–H groups in total. The van der Waals surface area contributed by atoms with Crippen LogP contribution in [-0.2, 0) is 14.8 Å². The van der Waals surface area contributed by atoms with Crippen LogP contribution in [0.25, 0.3) is 0 Å². The lowest BCUT2D eigenvalue weighted by molar-refractivity contribution is -0.119. The molecule has 0 aliphatic carbocycles. The number of pyridine rings is 1. The van der Waals surface area contributed by atoms with Gasteiger partial charge in [0, 0.05) is 30.2 Å². The summed E-state index contributed by atoms with van der Waals surface area (Å²) >= 11 is 0. The fourth-order valence-corrected chi connectivity index (χ4v) is 4.82. The lowest BCUT2D eigenvalue weighted by Gasteiger charge is -2.24. The van der Waals surface area contributed by atoms with Gasteiger partial charge in [-0.1, -0.05) is 0 Å². The summed E-state index contributed by atoms with van der Waals surface area (Å²) in [7, 11) is -2.25. The van der Waals surface area contributed by atoms with Gasteiger partial charge in [0.15, 0.2) is 0 Å². The summed E-state index contributed by atoms with van der Waals surface area (Å²) in [6.07, 6.45) is 4.22. The third kappa shape index (κ3) is 5.18. The van der Waals surface area contributed by atoms with E-state index in [4.69, 9.17) is 4.74 Å². The van der Waals surface area contributed by atoms with Crippen molar-refractivity contribution in [3.05, 3.63) is 78.6 Å². The highest BCUT2D eigenvalue weighted by molar-refractivity contribution is 7.92. The third-order valence-corrected chi connectivity index (χ3v) is 6.92. The topological polar surface area (TPSA) is 118 Å². The first-order chi connectivity index (χ1) is 16.4. The summed E-state index contributed by atoms with van der Waals surface area (Å²) in [5.74, 6) is 0.0901. The molecule has 176 valence electrons. The zero-order valence-electron chi connectivity index (χ0n) is 18.5. The first kappa shape index (κ1) is 23.2. The predicted octanol–water partition coefficient (Wildman–Crippen LogP) is 3.13. The predicted molar refractivity (Wildman–Crippen MR) is 127 cm³/mol. The number of methoxy groups -OCH3 is 1. The van der Waals surface area contributed by atoms with Crippen LogP contribution >= 0.6 is 0 Å². The number of nitrogens with zero attached hydrogens (tertiary/aromatic N) is 2. The Kier molecular flexibility index (Phi) is 6.78. The molecule has 0 spiro atoms. The number of rotatable bonds is 7. The molecule has 34 heavy (non-hydrogen) atoms. The number of sulfonamides is 1. The molecule has 1 aliphatic heterocycles. The summed E-state index contributed by atoms with van der Waals surface area (Å²) in [5.41, 5.74) is 1.31. The van der Waals surface area contributed by atoms with Crippen LogP contribution in [0.1, 0.15) is 23.2 Å². The number of carbonyl (C=O) groups excluding carboxylic acids is 2. The van der Waals surface area contributed by atoms with E-state index in [-0.39, 0.29) is 16.7 Å². The first-order valence-corrected chi connectivity index (χ1v) is 12.1. The minimum atomic E-state index is -3.81. The molecule has 0 saturated carbocycles. The van der Waals surface area contributed by atoms with Crippen LogP contribution in [0.2, 0.25) is 0 Å². The number of benzene rings is 2. The molecular weight excluding hydrogens is 456 g/mol. The molecule has 1 saturated heterocycles. The van der Waals surface area contributed by atoms with Gasteiger partial charge < -0.3 is 15.0 Å². The quantitative estimate of drug-likeness (QED) is 0.537. The van der Waals surface area contributed by atoms with Gasteiger partial charge >= 0.3 is 0 Å². The van der Waals surface area contributed by atoms with Crippen molar-refractivity contribution in [3.8, 4) is 5.75 Å². The minimum Gasteiger partial charge on any atom is -0.497 e. The molecule has 1 unspecified atom stereocenters. The molecule has 1 atom stereocenters. The van der Waals surface area contributed by atoms with Gasteiger partial charge in [-0.15, -0.1) is 0 Å². The number of anilines is 2. The van der Waals surface area contributed by atoms with Gasteiger partial charge in [-0.2, -0.15) is 0 Å². The Balaban J connectivity index is 1.44. The van der Waals surface area contributed by atoms with E-state index in [1.54, 1.807) is 43.5 Å². The second-order valence-electron chi connectivity index (χ2n) is 7.74. The van der Waals surface area contributed by atoms with Crippen LogP contribution in [-0.4, -0.2) is 49.8 Å². The van der Waals surface area contributed by atoms with Gasteiger partial charge in [-0.25, -0.2) is 8.42 Å². The SMILES string of the molecule is COc1ccc(NC(=O)C2CCCN2C(=O)c2ccc(S(=O)(=O)Nc3ccncc3)cc2)cc1. The maximum absolute atomic E-state index is 13.1. The molecule has 0 radical (unpaired) electrons. The van der Waals surface area contributed by atoms with Crippen molar-refractivity contribution in [1.82, 2.24) is 9.88 Å². The lowest BCUT2D eigenvalue weighted by atomic mass is 10.1. The molecular formula is C24H24N4O5S. The summed E-state index contributed by atoms with van der Waals surface area (Å²) in [6, 6.07) is 15.1. The largest absolute Gasteiger partial charge is 0.497 e. The maximum Gasteiger partial charge on any atom is 0.261 e. The Hall–Kier alpha value is -3.92. The fraction of sp³-hybridized carbons (Fsp3) is 0.208. The summed E-state index contributed by atoms with van der Waals surface area (Å²) in [4.78, 5) is 31.4. The lowest BCUT2D eigenvalue weighted by Crippen LogP contribution is -2.43. The van der Waals surface area contributed by atoms with E-state index in [0.29, 0.717) is 42.1 Å². The van der Waals surface area contributed by atoms with Crippen molar-refractivity contribution in [3.63, 3.8) is 0 Å². The monoisotopic (exact) mass is 480 g/mol. The van der Waals surface area contributed by atoms with Gasteiger partial charge in [-0.3, -0.25) is 19.3 Å². The molecule has 4 rings (SSSR count). The van der Waals surface area contributed by atoms with Gasteiger partial charge in [0.1, 0.15) is 11.8 Å². The normalized spacial score (nSPS) is 15.6. The van der Waals surface area contributed by atoms with Crippen LogP contribution in [0.3, 0.4) is 0 Å². The Morgan fingerprint density at radius 1 is 0.971 bits per heavy atom. The standard InChI is InChI=1S/C24H24N4O5S/c1-33-20-8-6-18(7-9-20)26-23(29)22-3-2-16-28(22)24(30)17-4-10-21(11-5-17)34(31,32)27-19-12-14-25-15-13-19/h4-15,22H,2-3,16H2,1H3,(H,25,27)(H,26,29). The molecule has 2 aromatic carbocycles. The number of ether oxygens (including phenoxy) is 1. The smallest absolute Gasteiger partial charge is 0.261 e. The highest BCUT2D eigenvalue weighted by Crippen LogP contribution is 2.24. The van der Waals surface area contributed by atoms with E-state index in [9.17, 15) is 18.0 Å². The van der Waals surface area contributed by atoms with E-state index < -0.39 is 16.1 Å². The zero-order valence-corrected chi connectivity index (χ0v) is 19.3. The average Bonchev–Trinajstić information content (AvgIpc) is 3.35. The molecule has 9 nitrogen and oxygen atoms in total. The molecule has 1 aromatic heterocycles. The molecule has 0 bridgehead atoms. The summed E-state index contributed by atoms with van der Waals surface area (Å²) < 4.78 is 32.8. The number of nitrogens with one attached hydrogen (secondary N) is 2. The van der Waals surface area contributed by atoms with Crippen LogP contribution < -0.4 is 14.8 Å². The van der Waals surface area contributed by atoms with Crippen molar-refractivity contribution in [2.45, 2.75) is 23.8 Å². The maximum atomic E-state index is 13.1. The number of amides is 2. The van der Waals surface area contributed by atoms with E-state index in [1.165, 1.54) is 41.6 Å². The molecule has 10 heteroatoms. The number of aromatic nitrogens is 1. The molecule has 3 aromatic rings. The highest BCUT2D eigenvalue weighted by Gasteiger charge is 2.34. The number of hydrogen-bond acceptors (Lipinski definition) is 6. The number of likely N-dealkylation sites (tertiary alicyclic amines) is 1. The van der Waals surface area contributed by atoms with Crippen LogP contribution in [0.5, 0.6) is 5.75 Å². The van der Waals surface area contributed by atoms with Crippen molar-refractivity contribution >= 4 is 33.2 Å². The Labute approximate surface area is 197 Å². The second kappa shape index (κ2) is 9.92. The van der Waals surface area contributed by atoms with Crippen molar-refractivity contribution in [2.75, 3.05) is 23.7 Å². The van der Waals surface area contributed by atoms with Gasteiger partial charge in [0.2, 0.25) is 5.91 Å². The van der Waals surface area contributed by atoms with Crippen LogP contribution in [0, 0.1) is 0 Å². The van der Waals surface area contributed by atoms with Crippen molar-refractivity contribution in [1.29, 1.82) is 0 Å². The molecule has 1 aliphatic rings. The van der Waals surface area contributed by atoms with Crippen LogP contribution in [0.4, 0.5) is 11.4 Å². The Bertz CT molecular complexity index is 1260. The Morgan fingerprint density at radius 2 is 1.65 bits per heavy atom. The van der Waals surface area contributed by atoms with Gasteiger partial charge in [0.05, 0.1) is 17.7 Å². The van der Waals surface area contributed by atoms with Crippen molar-refractivity contribution < 1.29 is 22.7 Å². The zero-order chi connectivity index (χ0) is 24.1. The van der Waals surface area contributed by atoms with Gasteiger partial charge in [-0.05, 0) is 73.5 Å². The van der Waals surface area contributed by atoms with Gasteiger partial charge in [0.25, 0.3) is 15.9 Å². The molecule has 1 fully saturated rings. The van der Waals surface area contributed by atoms with E-state index in [0.717, 1.165) is 0 Å². The van der Waals surface area contributed by atoms with Crippen LogP contribution in [0.15, 0.2) is 78.0 Å². The highest BCUT2D eigenvalue weighted by atomic mass is 32.2. The van der Waals surface area contributed by atoms with E-state index in [1.807, 2.05) is 0 Å². The van der Waals surface area contributed by atoms with E-state index >= 15 is 0 Å².